The highest BCUT2D eigenvalue weighted by Crippen LogP contribution is 2.35. The number of hydrogen-bond donors (Lipinski definition) is 0. The van der Waals surface area contributed by atoms with Crippen LogP contribution in [0.5, 0.6) is 0 Å². The highest BCUT2D eigenvalue weighted by atomic mass is 32.1. The average Bonchev–Trinajstić information content (AvgIpc) is 3.27. The van der Waals surface area contributed by atoms with Crippen LogP contribution < -0.4 is 0 Å². The van der Waals surface area contributed by atoms with Crippen LogP contribution in [0.4, 0.5) is 0 Å². The number of nitrogens with zero attached hydrogens (tertiary/aromatic N) is 3. The maximum absolute atomic E-state index is 12.9. The molecule has 2 saturated heterocycles. The Morgan fingerprint density at radius 1 is 1.21 bits per heavy atom. The quantitative estimate of drug-likeness (QED) is 0.844. The zero-order chi connectivity index (χ0) is 16.8. The monoisotopic (exact) mass is 347 g/mol. The molecule has 1 aliphatic carbocycles. The molecule has 24 heavy (non-hydrogen) atoms. The molecule has 3 heterocycles. The predicted molar refractivity (Wildman–Crippen MR) is 93.0 cm³/mol. The molecule has 130 valence electrons. The molecule has 1 aromatic heterocycles. The van der Waals surface area contributed by atoms with E-state index in [9.17, 15) is 9.59 Å². The van der Waals surface area contributed by atoms with Gasteiger partial charge in [-0.05, 0) is 39.5 Å². The fourth-order valence-electron chi connectivity index (χ4n) is 3.95. The normalized spacial score (nSPS) is 27.8. The van der Waals surface area contributed by atoms with Gasteiger partial charge in [-0.1, -0.05) is 0 Å². The maximum Gasteiger partial charge on any atom is 0.228 e. The minimum Gasteiger partial charge on any atom is -0.342 e. The Labute approximate surface area is 147 Å². The van der Waals surface area contributed by atoms with E-state index in [1.165, 1.54) is 9.88 Å². The lowest BCUT2D eigenvalue weighted by Crippen LogP contribution is -2.43. The molecule has 6 heteroatoms. The van der Waals surface area contributed by atoms with Gasteiger partial charge in [0.05, 0.1) is 16.6 Å². The number of amides is 2. The highest BCUT2D eigenvalue weighted by molar-refractivity contribution is 7.11. The Balaban J connectivity index is 1.42. The Morgan fingerprint density at radius 3 is 2.67 bits per heavy atom. The zero-order valence-electron chi connectivity index (χ0n) is 14.5. The molecule has 2 aliphatic heterocycles. The number of hydrogen-bond acceptors (Lipinski definition) is 4. The van der Waals surface area contributed by atoms with Gasteiger partial charge in [0.15, 0.2) is 0 Å². The lowest BCUT2D eigenvalue weighted by molar-refractivity contribution is -0.137. The van der Waals surface area contributed by atoms with Crippen molar-refractivity contribution in [3.63, 3.8) is 0 Å². The number of carbonyl (C=O) groups excluding carboxylic acids is 2. The summed E-state index contributed by atoms with van der Waals surface area (Å²) in [6.07, 6.45) is 4.77. The molecule has 3 aliphatic rings. The van der Waals surface area contributed by atoms with Crippen LogP contribution in [-0.4, -0.2) is 52.3 Å². The van der Waals surface area contributed by atoms with Gasteiger partial charge >= 0.3 is 0 Å². The van der Waals surface area contributed by atoms with Crippen LogP contribution in [0.25, 0.3) is 0 Å². The fraction of sp³-hybridized carbons (Fsp3) is 0.722. The second-order valence-electron chi connectivity index (χ2n) is 7.50. The summed E-state index contributed by atoms with van der Waals surface area (Å²) < 4.78 is 0. The summed E-state index contributed by atoms with van der Waals surface area (Å²) in [6, 6.07) is 0.422. The summed E-state index contributed by atoms with van der Waals surface area (Å²) in [5, 5.41) is 1.17. The van der Waals surface area contributed by atoms with Gasteiger partial charge in [0.1, 0.15) is 0 Å². The standard InChI is InChI=1S/C18H25N3O2S/c1-11-12(2)24-17(19-11)13-4-3-7-20(9-13)18(23)14-8-16(22)21(10-14)15-5-6-15/h13-15H,3-10H2,1-2H3. The second-order valence-corrected chi connectivity index (χ2v) is 8.73. The van der Waals surface area contributed by atoms with Crippen LogP contribution in [0.15, 0.2) is 0 Å². The lowest BCUT2D eigenvalue weighted by atomic mass is 9.96. The molecule has 0 bridgehead atoms. The van der Waals surface area contributed by atoms with E-state index in [2.05, 4.69) is 13.8 Å². The van der Waals surface area contributed by atoms with Crippen molar-refractivity contribution in [2.24, 2.45) is 5.92 Å². The number of rotatable bonds is 3. The van der Waals surface area contributed by atoms with E-state index in [1.54, 1.807) is 11.3 Å². The Bertz CT molecular complexity index is 648. The van der Waals surface area contributed by atoms with Crippen molar-refractivity contribution in [2.75, 3.05) is 19.6 Å². The minimum absolute atomic E-state index is 0.128. The van der Waals surface area contributed by atoms with Gasteiger partial charge in [-0.15, -0.1) is 11.3 Å². The predicted octanol–water partition coefficient (Wildman–Crippen LogP) is 2.48. The topological polar surface area (TPSA) is 53.5 Å². The van der Waals surface area contributed by atoms with Gasteiger partial charge in [0, 0.05) is 42.9 Å². The molecule has 0 spiro atoms. The molecule has 2 unspecified atom stereocenters. The van der Waals surface area contributed by atoms with Crippen LogP contribution in [0.1, 0.15) is 53.6 Å². The van der Waals surface area contributed by atoms with Crippen molar-refractivity contribution in [1.29, 1.82) is 0 Å². The average molecular weight is 347 g/mol. The van der Waals surface area contributed by atoms with Crippen LogP contribution in [0, 0.1) is 19.8 Å². The third kappa shape index (κ3) is 2.96. The molecule has 3 fully saturated rings. The van der Waals surface area contributed by atoms with Gasteiger partial charge in [-0.3, -0.25) is 9.59 Å². The first-order chi connectivity index (χ1) is 11.5. The number of likely N-dealkylation sites (tertiary alicyclic amines) is 2. The van der Waals surface area contributed by atoms with Gasteiger partial charge in [0.25, 0.3) is 0 Å². The first-order valence-corrected chi connectivity index (χ1v) is 9.86. The Kier molecular flexibility index (Phi) is 4.11. The van der Waals surface area contributed by atoms with Crippen molar-refractivity contribution in [3.8, 4) is 0 Å². The molecule has 1 saturated carbocycles. The van der Waals surface area contributed by atoms with Gasteiger partial charge in [-0.2, -0.15) is 0 Å². The van der Waals surface area contributed by atoms with E-state index in [-0.39, 0.29) is 17.7 Å². The van der Waals surface area contributed by atoms with E-state index in [1.807, 2.05) is 9.80 Å². The van der Waals surface area contributed by atoms with Crippen molar-refractivity contribution in [2.45, 2.75) is 57.9 Å². The number of carbonyl (C=O) groups is 2. The van der Waals surface area contributed by atoms with Crippen molar-refractivity contribution < 1.29 is 9.59 Å². The highest BCUT2D eigenvalue weighted by Gasteiger charge is 2.43. The number of thiazole rings is 1. The number of piperidine rings is 1. The molecule has 2 atom stereocenters. The van der Waals surface area contributed by atoms with E-state index in [0.29, 0.717) is 24.9 Å². The summed E-state index contributed by atoms with van der Waals surface area (Å²) in [6.45, 7) is 6.39. The van der Waals surface area contributed by atoms with E-state index < -0.39 is 0 Å². The molecular formula is C18H25N3O2S. The summed E-state index contributed by atoms with van der Waals surface area (Å²) in [5.41, 5.74) is 1.11. The number of aromatic nitrogens is 1. The van der Waals surface area contributed by atoms with Gasteiger partial charge < -0.3 is 9.80 Å². The van der Waals surface area contributed by atoms with Crippen LogP contribution in [0.3, 0.4) is 0 Å². The molecule has 0 N–H and O–H groups in total. The van der Waals surface area contributed by atoms with Crippen LogP contribution >= 0.6 is 11.3 Å². The molecule has 1 aromatic rings. The number of aryl methyl sites for hydroxylation is 2. The lowest BCUT2D eigenvalue weighted by Gasteiger charge is -2.33. The molecular weight excluding hydrogens is 322 g/mol. The Hall–Kier alpha value is -1.43. The largest absolute Gasteiger partial charge is 0.342 e. The van der Waals surface area contributed by atoms with Crippen molar-refractivity contribution >= 4 is 23.2 Å². The SMILES string of the molecule is Cc1nc(C2CCCN(C(=O)C3CC(=O)N(C4CC4)C3)C2)sc1C. The third-order valence-electron chi connectivity index (χ3n) is 5.62. The third-order valence-corrected chi connectivity index (χ3v) is 6.86. The van der Waals surface area contributed by atoms with E-state index in [4.69, 9.17) is 4.98 Å². The first kappa shape index (κ1) is 16.1. The van der Waals surface area contributed by atoms with Crippen molar-refractivity contribution in [1.82, 2.24) is 14.8 Å². The fourth-order valence-corrected chi connectivity index (χ4v) is 4.99. The van der Waals surface area contributed by atoms with Gasteiger partial charge in [-0.25, -0.2) is 4.98 Å². The summed E-state index contributed by atoms with van der Waals surface area (Å²) in [7, 11) is 0. The smallest absolute Gasteiger partial charge is 0.228 e. The van der Waals surface area contributed by atoms with Gasteiger partial charge in [0.2, 0.25) is 11.8 Å². The van der Waals surface area contributed by atoms with Crippen molar-refractivity contribution in [3.05, 3.63) is 15.6 Å². The van der Waals surface area contributed by atoms with Crippen LogP contribution in [-0.2, 0) is 9.59 Å². The molecule has 0 aromatic carbocycles. The molecule has 5 nitrogen and oxygen atoms in total. The summed E-state index contributed by atoms with van der Waals surface area (Å²) in [5.74, 6) is 0.588. The first-order valence-electron chi connectivity index (χ1n) is 9.05. The maximum atomic E-state index is 12.9. The molecule has 2 amide bonds. The summed E-state index contributed by atoms with van der Waals surface area (Å²) >= 11 is 1.77. The molecule has 4 rings (SSSR count). The van der Waals surface area contributed by atoms with E-state index in [0.717, 1.165) is 44.5 Å². The zero-order valence-corrected chi connectivity index (χ0v) is 15.3. The second kappa shape index (κ2) is 6.14. The Morgan fingerprint density at radius 2 is 2.00 bits per heavy atom. The van der Waals surface area contributed by atoms with Crippen LogP contribution in [0.2, 0.25) is 0 Å². The minimum atomic E-state index is -0.128. The molecule has 0 radical (unpaired) electrons. The van der Waals surface area contributed by atoms with E-state index >= 15 is 0 Å². The summed E-state index contributed by atoms with van der Waals surface area (Å²) in [4.78, 5) is 34.9.